The van der Waals surface area contributed by atoms with Crippen molar-refractivity contribution < 1.29 is 0 Å². The maximum atomic E-state index is 3.57. The van der Waals surface area contributed by atoms with Crippen molar-refractivity contribution in [3.8, 4) is 0 Å². The van der Waals surface area contributed by atoms with Gasteiger partial charge in [0, 0.05) is 6.04 Å². The molecule has 0 spiro atoms. The maximum absolute atomic E-state index is 3.57. The van der Waals surface area contributed by atoms with E-state index in [0.717, 1.165) is 12.5 Å². The summed E-state index contributed by atoms with van der Waals surface area (Å²) in [6.45, 7) is 7.78. The molecule has 2 rings (SSSR count). The van der Waals surface area contributed by atoms with Crippen LogP contribution in [0.1, 0.15) is 63.1 Å². The fraction of sp³-hybridized carbons (Fsp3) is 0.625. The van der Waals surface area contributed by atoms with Crippen molar-refractivity contribution in [2.45, 2.75) is 52.0 Å². The van der Waals surface area contributed by atoms with Crippen LogP contribution in [-0.2, 0) is 0 Å². The van der Waals surface area contributed by atoms with E-state index < -0.39 is 0 Å². The van der Waals surface area contributed by atoms with Crippen molar-refractivity contribution in [2.24, 2.45) is 5.92 Å². The smallest absolute Gasteiger partial charge is 0.0343 e. The lowest BCUT2D eigenvalue weighted by Gasteiger charge is -2.27. The Morgan fingerprint density at radius 3 is 2.24 bits per heavy atom. The molecule has 1 heteroatoms. The predicted octanol–water partition coefficient (Wildman–Crippen LogP) is 4.26. The first-order chi connectivity index (χ1) is 8.22. The maximum Gasteiger partial charge on any atom is 0.0343 e. The van der Waals surface area contributed by atoms with Gasteiger partial charge in [0.2, 0.25) is 0 Å². The number of hydrogen-bond acceptors (Lipinski definition) is 1. The summed E-state index contributed by atoms with van der Waals surface area (Å²) in [6.07, 6.45) is 4.19. The van der Waals surface area contributed by atoms with Gasteiger partial charge in [-0.2, -0.15) is 0 Å². The van der Waals surface area contributed by atoms with Crippen LogP contribution in [0.25, 0.3) is 0 Å². The lowest BCUT2D eigenvalue weighted by atomic mass is 9.79. The van der Waals surface area contributed by atoms with Gasteiger partial charge in [-0.1, -0.05) is 51.5 Å². The van der Waals surface area contributed by atoms with Crippen molar-refractivity contribution in [2.75, 3.05) is 6.54 Å². The highest BCUT2D eigenvalue weighted by Gasteiger charge is 2.20. The largest absolute Gasteiger partial charge is 0.310 e. The van der Waals surface area contributed by atoms with Gasteiger partial charge in [0.05, 0.1) is 0 Å². The molecule has 1 aromatic carbocycles. The Morgan fingerprint density at radius 1 is 1.18 bits per heavy atom. The van der Waals surface area contributed by atoms with Crippen LogP contribution in [0.2, 0.25) is 0 Å². The summed E-state index contributed by atoms with van der Waals surface area (Å²) in [5.41, 5.74) is 2.98. The molecule has 94 valence electrons. The molecule has 0 saturated heterocycles. The molecule has 17 heavy (non-hydrogen) atoms. The Hall–Kier alpha value is -0.820. The zero-order valence-electron chi connectivity index (χ0n) is 11.4. The van der Waals surface area contributed by atoms with Gasteiger partial charge in [0.25, 0.3) is 0 Å². The Labute approximate surface area is 106 Å². The normalized spacial score (nSPS) is 18.1. The van der Waals surface area contributed by atoms with Crippen LogP contribution in [0, 0.1) is 5.92 Å². The lowest BCUT2D eigenvalue weighted by molar-refractivity contribution is 0.415. The number of benzene rings is 1. The summed E-state index contributed by atoms with van der Waals surface area (Å²) in [5, 5.41) is 3.57. The number of rotatable bonds is 5. The molecule has 0 amide bonds. The molecule has 1 unspecified atom stereocenters. The van der Waals surface area contributed by atoms with Crippen LogP contribution in [0.5, 0.6) is 0 Å². The van der Waals surface area contributed by atoms with Crippen LogP contribution in [0.3, 0.4) is 0 Å². The van der Waals surface area contributed by atoms with E-state index in [1.807, 2.05) is 0 Å². The van der Waals surface area contributed by atoms with Crippen molar-refractivity contribution in [1.82, 2.24) is 5.32 Å². The molecule has 1 saturated carbocycles. The molecular weight excluding hydrogens is 206 g/mol. The minimum atomic E-state index is 0.496. The molecular formula is C16H25N. The Balaban J connectivity index is 2.09. The van der Waals surface area contributed by atoms with Gasteiger partial charge in [0.1, 0.15) is 0 Å². The first-order valence-electron chi connectivity index (χ1n) is 7.05. The van der Waals surface area contributed by atoms with E-state index in [2.05, 4.69) is 50.4 Å². The summed E-state index contributed by atoms with van der Waals surface area (Å²) in [4.78, 5) is 0. The van der Waals surface area contributed by atoms with E-state index in [0.29, 0.717) is 12.0 Å². The van der Waals surface area contributed by atoms with Gasteiger partial charge >= 0.3 is 0 Å². The van der Waals surface area contributed by atoms with E-state index in [1.165, 1.54) is 24.8 Å². The fourth-order valence-electron chi connectivity index (χ4n) is 2.68. The third-order valence-corrected chi connectivity index (χ3v) is 3.96. The van der Waals surface area contributed by atoms with Crippen molar-refractivity contribution in [3.63, 3.8) is 0 Å². The molecule has 1 N–H and O–H groups in total. The average molecular weight is 231 g/mol. The van der Waals surface area contributed by atoms with Crippen LogP contribution in [0.15, 0.2) is 24.3 Å². The molecule has 1 atom stereocenters. The minimum absolute atomic E-state index is 0.496. The second kappa shape index (κ2) is 5.68. The van der Waals surface area contributed by atoms with Crippen LogP contribution >= 0.6 is 0 Å². The monoisotopic (exact) mass is 231 g/mol. The SMILES string of the molecule is CCNC(c1ccc(C2CCC2)cc1)C(C)C. The Morgan fingerprint density at radius 2 is 1.82 bits per heavy atom. The van der Waals surface area contributed by atoms with Gasteiger partial charge < -0.3 is 5.32 Å². The highest BCUT2D eigenvalue weighted by atomic mass is 14.9. The van der Waals surface area contributed by atoms with E-state index in [4.69, 9.17) is 0 Å². The van der Waals surface area contributed by atoms with Crippen molar-refractivity contribution in [3.05, 3.63) is 35.4 Å². The first-order valence-corrected chi connectivity index (χ1v) is 7.05. The van der Waals surface area contributed by atoms with E-state index in [9.17, 15) is 0 Å². The third kappa shape index (κ3) is 2.90. The standard InChI is InChI=1S/C16H25N/c1-4-17-16(12(2)3)15-10-8-14(9-11-15)13-6-5-7-13/h8-13,16-17H,4-7H2,1-3H3. The third-order valence-electron chi connectivity index (χ3n) is 3.96. The van der Waals surface area contributed by atoms with Crippen molar-refractivity contribution in [1.29, 1.82) is 0 Å². The summed E-state index contributed by atoms with van der Waals surface area (Å²) in [7, 11) is 0. The number of hydrogen-bond donors (Lipinski definition) is 1. The molecule has 0 bridgehead atoms. The van der Waals surface area contributed by atoms with Crippen LogP contribution in [-0.4, -0.2) is 6.54 Å². The zero-order valence-corrected chi connectivity index (χ0v) is 11.4. The molecule has 1 nitrogen and oxygen atoms in total. The summed E-state index contributed by atoms with van der Waals surface area (Å²) < 4.78 is 0. The average Bonchev–Trinajstić information content (AvgIpc) is 2.24. The van der Waals surface area contributed by atoms with Gasteiger partial charge in [-0.3, -0.25) is 0 Å². The summed E-state index contributed by atoms with van der Waals surface area (Å²) >= 11 is 0. The second-order valence-corrected chi connectivity index (χ2v) is 5.57. The van der Waals surface area contributed by atoms with Crippen LogP contribution in [0.4, 0.5) is 0 Å². The van der Waals surface area contributed by atoms with Gasteiger partial charge in [-0.15, -0.1) is 0 Å². The highest BCUT2D eigenvalue weighted by molar-refractivity contribution is 5.28. The van der Waals surface area contributed by atoms with Gasteiger partial charge in [-0.05, 0) is 42.3 Å². The molecule has 0 aliphatic heterocycles. The predicted molar refractivity (Wildman–Crippen MR) is 74.3 cm³/mol. The molecule has 0 heterocycles. The molecule has 0 radical (unpaired) electrons. The van der Waals surface area contributed by atoms with Crippen molar-refractivity contribution >= 4 is 0 Å². The summed E-state index contributed by atoms with van der Waals surface area (Å²) in [6, 6.07) is 9.81. The molecule has 0 aromatic heterocycles. The minimum Gasteiger partial charge on any atom is -0.310 e. The first kappa shape index (κ1) is 12.6. The van der Waals surface area contributed by atoms with Crippen LogP contribution < -0.4 is 5.32 Å². The second-order valence-electron chi connectivity index (χ2n) is 5.57. The van der Waals surface area contributed by atoms with E-state index in [-0.39, 0.29) is 0 Å². The fourth-order valence-corrected chi connectivity index (χ4v) is 2.68. The van der Waals surface area contributed by atoms with E-state index in [1.54, 1.807) is 5.56 Å². The topological polar surface area (TPSA) is 12.0 Å². The molecule has 1 aliphatic rings. The molecule has 1 fully saturated rings. The Bertz CT molecular complexity index is 335. The summed E-state index contributed by atoms with van der Waals surface area (Å²) in [5.74, 6) is 1.49. The molecule has 1 aliphatic carbocycles. The number of nitrogens with one attached hydrogen (secondary N) is 1. The molecule has 1 aromatic rings. The van der Waals surface area contributed by atoms with E-state index >= 15 is 0 Å². The van der Waals surface area contributed by atoms with Gasteiger partial charge in [0.15, 0.2) is 0 Å². The van der Waals surface area contributed by atoms with Gasteiger partial charge in [-0.25, -0.2) is 0 Å². The zero-order chi connectivity index (χ0) is 12.3. The lowest BCUT2D eigenvalue weighted by Crippen LogP contribution is -2.25. The Kier molecular flexibility index (Phi) is 4.22. The highest BCUT2D eigenvalue weighted by Crippen LogP contribution is 2.36. The quantitative estimate of drug-likeness (QED) is 0.798.